The Morgan fingerprint density at radius 3 is 2.47 bits per heavy atom. The number of amides is 3. The van der Waals surface area contributed by atoms with Crippen molar-refractivity contribution in [3.63, 3.8) is 0 Å². The van der Waals surface area contributed by atoms with Crippen LogP contribution in [0.3, 0.4) is 0 Å². The van der Waals surface area contributed by atoms with Gasteiger partial charge in [-0.2, -0.15) is 5.10 Å². The first-order chi connectivity index (χ1) is 23.7. The van der Waals surface area contributed by atoms with Crippen LogP contribution in [0.1, 0.15) is 36.6 Å². The topological polar surface area (TPSA) is 146 Å². The first kappa shape index (κ1) is 35.0. The second-order valence-corrected chi connectivity index (χ2v) is 11.9. The molecule has 0 bridgehead atoms. The summed E-state index contributed by atoms with van der Waals surface area (Å²) < 4.78 is 28.9. The Kier molecular flexibility index (Phi) is 11.6. The number of urea groups is 1. The maximum absolute atomic E-state index is 12.7. The van der Waals surface area contributed by atoms with Gasteiger partial charge in [-0.1, -0.05) is 42.5 Å². The number of allylic oxidation sites excluding steroid dienone is 1. The highest BCUT2D eigenvalue weighted by atomic mass is 127. The Hall–Kier alpha value is -5.31. The number of carbonyl (C=O) groups is 3. The highest BCUT2D eigenvalue weighted by molar-refractivity contribution is 14.1. The molecule has 0 spiro atoms. The zero-order valence-electron chi connectivity index (χ0n) is 27.3. The molecular formula is C36H35IN4O8. The monoisotopic (exact) mass is 778 g/mol. The molecule has 0 aromatic heterocycles. The van der Waals surface area contributed by atoms with Crippen molar-refractivity contribution in [1.29, 1.82) is 0 Å². The molecule has 0 radical (unpaired) electrons. The molecule has 1 heterocycles. The Labute approximate surface area is 296 Å². The van der Waals surface area contributed by atoms with E-state index in [1.165, 1.54) is 18.7 Å². The van der Waals surface area contributed by atoms with E-state index in [0.29, 0.717) is 40.7 Å². The van der Waals surface area contributed by atoms with E-state index in [4.69, 9.17) is 23.7 Å². The molecule has 0 unspecified atom stereocenters. The number of halogens is 1. The average molecular weight is 779 g/mol. The van der Waals surface area contributed by atoms with Crippen LogP contribution in [0.5, 0.6) is 23.0 Å². The summed E-state index contributed by atoms with van der Waals surface area (Å²) in [7, 11) is 3.01. The summed E-state index contributed by atoms with van der Waals surface area (Å²) >= 11 is 2.17. The number of methoxy groups -OCH3 is 2. The summed E-state index contributed by atoms with van der Waals surface area (Å²) in [4.78, 5) is 37.4. The number of rotatable bonds is 13. The number of hydrogen-bond acceptors (Lipinski definition) is 9. The zero-order chi connectivity index (χ0) is 34.9. The summed E-state index contributed by atoms with van der Waals surface area (Å²) in [5, 5.41) is 11.7. The molecule has 1 atom stereocenters. The summed E-state index contributed by atoms with van der Waals surface area (Å²) in [5.74, 6) is 0.659. The fraction of sp³-hybridized carbons (Fsp3) is 0.222. The minimum Gasteiger partial charge on any atom is -0.493 e. The fourth-order valence-corrected chi connectivity index (χ4v) is 5.98. The Bertz CT molecular complexity index is 1940. The number of nitrogens with one attached hydrogen (secondary N) is 3. The van der Waals surface area contributed by atoms with E-state index in [0.717, 1.165) is 14.5 Å². The van der Waals surface area contributed by atoms with Crippen LogP contribution in [-0.4, -0.2) is 51.6 Å². The lowest BCUT2D eigenvalue weighted by Crippen LogP contribution is -2.45. The molecule has 0 saturated carbocycles. The molecule has 1 aliphatic rings. The van der Waals surface area contributed by atoms with Gasteiger partial charge in [0.05, 0.1) is 42.2 Å². The minimum absolute atomic E-state index is 0.181. The second kappa shape index (κ2) is 16.2. The highest BCUT2D eigenvalue weighted by Gasteiger charge is 2.32. The van der Waals surface area contributed by atoms with Crippen LogP contribution in [0, 0.1) is 3.57 Å². The van der Waals surface area contributed by atoms with Gasteiger partial charge < -0.3 is 34.3 Å². The van der Waals surface area contributed by atoms with E-state index >= 15 is 0 Å². The maximum Gasteiger partial charge on any atom is 0.338 e. The molecule has 4 aromatic carbocycles. The lowest BCUT2D eigenvalue weighted by molar-refractivity contribution is -0.139. The zero-order valence-corrected chi connectivity index (χ0v) is 29.5. The maximum atomic E-state index is 12.7. The molecule has 0 saturated heterocycles. The third-order valence-corrected chi connectivity index (χ3v) is 8.30. The van der Waals surface area contributed by atoms with Gasteiger partial charge >= 0.3 is 12.0 Å². The van der Waals surface area contributed by atoms with Crippen molar-refractivity contribution >= 4 is 57.5 Å². The van der Waals surface area contributed by atoms with Crippen molar-refractivity contribution in [2.24, 2.45) is 5.10 Å². The van der Waals surface area contributed by atoms with E-state index in [1.807, 2.05) is 24.3 Å². The second-order valence-electron chi connectivity index (χ2n) is 10.8. The SMILES string of the molecule is CCOC(=O)C1=C(C)NC(=O)N[C@H]1c1ccc(OCC(=O)N/N=C\c2cc(I)c(OCc3ccc4ccccc4c3)c(OC)c2)c(OC)c1. The van der Waals surface area contributed by atoms with Crippen LogP contribution in [0.25, 0.3) is 10.8 Å². The normalized spacial score (nSPS) is 14.2. The number of carbonyl (C=O) groups excluding carboxylic acids is 3. The molecule has 49 heavy (non-hydrogen) atoms. The van der Waals surface area contributed by atoms with E-state index in [1.54, 1.807) is 45.2 Å². The molecule has 5 rings (SSSR count). The van der Waals surface area contributed by atoms with Crippen LogP contribution in [0.4, 0.5) is 4.79 Å². The van der Waals surface area contributed by atoms with Crippen molar-refractivity contribution in [2.75, 3.05) is 27.4 Å². The molecule has 13 heteroatoms. The predicted molar refractivity (Wildman–Crippen MR) is 192 cm³/mol. The molecular weight excluding hydrogens is 743 g/mol. The number of esters is 1. The first-order valence-corrected chi connectivity index (χ1v) is 16.3. The van der Waals surface area contributed by atoms with Crippen LogP contribution < -0.4 is 35.0 Å². The third-order valence-electron chi connectivity index (χ3n) is 7.50. The van der Waals surface area contributed by atoms with Gasteiger partial charge in [-0.05, 0) is 94.2 Å². The third kappa shape index (κ3) is 8.59. The summed E-state index contributed by atoms with van der Waals surface area (Å²) in [5.41, 5.74) is 5.39. The smallest absolute Gasteiger partial charge is 0.338 e. The Balaban J connectivity index is 1.19. The average Bonchev–Trinajstić information content (AvgIpc) is 3.09. The number of ether oxygens (including phenoxy) is 5. The van der Waals surface area contributed by atoms with E-state index in [9.17, 15) is 14.4 Å². The van der Waals surface area contributed by atoms with E-state index < -0.39 is 23.9 Å². The first-order valence-electron chi connectivity index (χ1n) is 15.3. The van der Waals surface area contributed by atoms with Gasteiger partial charge in [-0.3, -0.25) is 4.79 Å². The van der Waals surface area contributed by atoms with Gasteiger partial charge in [-0.25, -0.2) is 15.0 Å². The van der Waals surface area contributed by atoms with Crippen molar-refractivity contribution in [3.05, 3.63) is 104 Å². The van der Waals surface area contributed by atoms with Crippen molar-refractivity contribution in [1.82, 2.24) is 16.1 Å². The summed E-state index contributed by atoms with van der Waals surface area (Å²) in [6.45, 7) is 3.53. The van der Waals surface area contributed by atoms with Gasteiger partial charge in [0.15, 0.2) is 29.6 Å². The molecule has 0 aliphatic carbocycles. The lowest BCUT2D eigenvalue weighted by atomic mass is 9.95. The summed E-state index contributed by atoms with van der Waals surface area (Å²) in [6.07, 6.45) is 1.50. The summed E-state index contributed by atoms with van der Waals surface area (Å²) in [6, 6.07) is 21.7. The van der Waals surface area contributed by atoms with Crippen molar-refractivity contribution in [2.45, 2.75) is 26.5 Å². The molecule has 4 aromatic rings. The largest absolute Gasteiger partial charge is 0.493 e. The molecule has 254 valence electrons. The minimum atomic E-state index is -0.777. The molecule has 0 fully saturated rings. The number of fused-ring (bicyclic) bond motifs is 1. The van der Waals surface area contributed by atoms with Crippen LogP contribution in [0.2, 0.25) is 0 Å². The van der Waals surface area contributed by atoms with Crippen LogP contribution in [0.15, 0.2) is 89.2 Å². The van der Waals surface area contributed by atoms with E-state index in [-0.39, 0.29) is 24.5 Å². The van der Waals surface area contributed by atoms with Gasteiger partial charge in [-0.15, -0.1) is 0 Å². The number of benzene rings is 4. The van der Waals surface area contributed by atoms with Gasteiger partial charge in [0.2, 0.25) is 0 Å². The lowest BCUT2D eigenvalue weighted by Gasteiger charge is -2.28. The molecule has 3 N–H and O–H groups in total. The van der Waals surface area contributed by atoms with E-state index in [2.05, 4.69) is 68.0 Å². The van der Waals surface area contributed by atoms with Crippen LogP contribution in [-0.2, 0) is 20.9 Å². The van der Waals surface area contributed by atoms with Gasteiger partial charge in [0, 0.05) is 5.70 Å². The van der Waals surface area contributed by atoms with Gasteiger partial charge in [0.1, 0.15) is 6.61 Å². The number of hydrogen-bond donors (Lipinski definition) is 3. The standard InChI is InChI=1S/C36H35IN4O8/c1-5-47-35(43)32-21(2)39-36(44)40-33(32)26-12-13-28(29(17-26)45-3)48-20-31(42)41-38-18-23-15-27(37)34(30(16-23)46-4)49-19-22-10-11-24-8-6-7-9-25(24)14-22/h6-18,33H,5,19-20H2,1-4H3,(H,41,42)(H2,39,40,44)/b38-18-/t33-/m0/s1. The van der Waals surface area contributed by atoms with Crippen molar-refractivity contribution in [3.8, 4) is 23.0 Å². The predicted octanol–water partition coefficient (Wildman–Crippen LogP) is 5.76. The number of hydrazone groups is 1. The molecule has 3 amide bonds. The fourth-order valence-electron chi connectivity index (χ4n) is 5.20. The Morgan fingerprint density at radius 2 is 1.71 bits per heavy atom. The quantitative estimate of drug-likeness (QED) is 0.0673. The molecule has 12 nitrogen and oxygen atoms in total. The molecule has 1 aliphatic heterocycles. The van der Waals surface area contributed by atoms with Crippen molar-refractivity contribution < 1.29 is 38.1 Å². The highest BCUT2D eigenvalue weighted by Crippen LogP contribution is 2.36. The Morgan fingerprint density at radius 1 is 0.939 bits per heavy atom. The van der Waals surface area contributed by atoms with Crippen LogP contribution >= 0.6 is 22.6 Å². The number of nitrogens with zero attached hydrogens (tertiary/aromatic N) is 1. The van der Waals surface area contributed by atoms with Gasteiger partial charge in [0.25, 0.3) is 5.91 Å².